The number of nitrogens with one attached hydrogen (secondary N) is 2. The maximum Gasteiger partial charge on any atom is 0.253 e. The van der Waals surface area contributed by atoms with E-state index in [1.54, 1.807) is 37.5 Å². The summed E-state index contributed by atoms with van der Waals surface area (Å²) in [5.74, 6) is 0.295. The third kappa shape index (κ3) is 7.53. The van der Waals surface area contributed by atoms with E-state index in [4.69, 9.17) is 17.0 Å². The summed E-state index contributed by atoms with van der Waals surface area (Å²) in [4.78, 5) is 26.8. The molecule has 0 unspecified atom stereocenters. The number of para-hydroxylation sites is 1. The van der Waals surface area contributed by atoms with Crippen LogP contribution in [0.2, 0.25) is 0 Å². The van der Waals surface area contributed by atoms with E-state index in [2.05, 4.69) is 24.5 Å². The molecule has 0 spiro atoms. The van der Waals surface area contributed by atoms with Crippen LogP contribution in [0.15, 0.2) is 54.6 Å². The van der Waals surface area contributed by atoms with E-state index in [1.807, 2.05) is 29.2 Å². The van der Waals surface area contributed by atoms with Crippen molar-refractivity contribution in [3.05, 3.63) is 65.7 Å². The Labute approximate surface area is 189 Å². The van der Waals surface area contributed by atoms with Gasteiger partial charge in [0.2, 0.25) is 5.91 Å². The molecule has 2 amide bonds. The fourth-order valence-corrected chi connectivity index (χ4v) is 3.27. The van der Waals surface area contributed by atoms with E-state index in [9.17, 15) is 9.59 Å². The van der Waals surface area contributed by atoms with E-state index in [0.717, 1.165) is 31.5 Å². The Bertz CT molecular complexity index is 937. The van der Waals surface area contributed by atoms with Crippen molar-refractivity contribution in [2.45, 2.75) is 26.7 Å². The minimum Gasteiger partial charge on any atom is -0.496 e. The number of carbonyl (C=O) groups excluding carboxylic acids is 2. The van der Waals surface area contributed by atoms with Crippen molar-refractivity contribution in [2.24, 2.45) is 0 Å². The van der Waals surface area contributed by atoms with Crippen molar-refractivity contribution in [1.29, 1.82) is 0 Å². The summed E-state index contributed by atoms with van der Waals surface area (Å²) < 4.78 is 5.26. The summed E-state index contributed by atoms with van der Waals surface area (Å²) in [7, 11) is 1.58. The Kier molecular flexibility index (Phi) is 9.71. The van der Waals surface area contributed by atoms with Crippen LogP contribution in [0.4, 0.5) is 5.69 Å². The summed E-state index contributed by atoms with van der Waals surface area (Å²) in [6.45, 7) is 5.55. The number of benzene rings is 2. The number of hydrogen-bond donors (Lipinski definition) is 2. The molecule has 0 saturated carbocycles. The molecule has 0 aliphatic carbocycles. The van der Waals surface area contributed by atoms with Gasteiger partial charge in [-0.3, -0.25) is 14.9 Å². The summed E-state index contributed by atoms with van der Waals surface area (Å²) in [6.07, 6.45) is 4.86. The number of rotatable bonds is 9. The molecule has 2 rings (SSSR count). The predicted octanol–water partition coefficient (Wildman–Crippen LogP) is 4.48. The highest BCUT2D eigenvalue weighted by Gasteiger charge is 2.14. The van der Waals surface area contributed by atoms with Gasteiger partial charge in [-0.2, -0.15) is 0 Å². The molecule has 0 aromatic heterocycles. The molecule has 0 radical (unpaired) electrons. The number of ether oxygens (including phenoxy) is 1. The molecule has 0 heterocycles. The Morgan fingerprint density at radius 2 is 1.77 bits per heavy atom. The fraction of sp³-hybridized carbons (Fsp3) is 0.292. The predicted molar refractivity (Wildman–Crippen MR) is 129 cm³/mol. The average molecular weight is 440 g/mol. The van der Waals surface area contributed by atoms with Crippen molar-refractivity contribution in [3.63, 3.8) is 0 Å². The van der Waals surface area contributed by atoms with Gasteiger partial charge < -0.3 is 15.0 Å². The highest BCUT2D eigenvalue weighted by molar-refractivity contribution is 7.80. The van der Waals surface area contributed by atoms with Crippen molar-refractivity contribution in [1.82, 2.24) is 10.2 Å². The molecule has 2 aromatic rings. The fourth-order valence-electron chi connectivity index (χ4n) is 3.05. The minimum atomic E-state index is -0.368. The molecule has 2 aromatic carbocycles. The first kappa shape index (κ1) is 24.1. The molecule has 2 N–H and O–H groups in total. The van der Waals surface area contributed by atoms with Crippen LogP contribution in [0.25, 0.3) is 6.08 Å². The first-order valence-corrected chi connectivity index (χ1v) is 10.7. The van der Waals surface area contributed by atoms with Gasteiger partial charge in [-0.05, 0) is 55.4 Å². The van der Waals surface area contributed by atoms with Crippen LogP contribution in [0, 0.1) is 0 Å². The highest BCUT2D eigenvalue weighted by Crippen LogP contribution is 2.18. The smallest absolute Gasteiger partial charge is 0.253 e. The Morgan fingerprint density at radius 3 is 2.45 bits per heavy atom. The number of thiocarbonyl (C=S) groups is 1. The van der Waals surface area contributed by atoms with Gasteiger partial charge >= 0.3 is 0 Å². The number of hydrogen-bond acceptors (Lipinski definition) is 4. The Hall–Kier alpha value is -3.19. The largest absolute Gasteiger partial charge is 0.496 e. The second kappa shape index (κ2) is 12.5. The van der Waals surface area contributed by atoms with E-state index in [0.29, 0.717) is 17.0 Å². The van der Waals surface area contributed by atoms with E-state index >= 15 is 0 Å². The average Bonchev–Trinajstić information content (AvgIpc) is 2.77. The summed E-state index contributed by atoms with van der Waals surface area (Å²) >= 11 is 5.24. The minimum absolute atomic E-state index is 0.0120. The van der Waals surface area contributed by atoms with Gasteiger partial charge in [-0.15, -0.1) is 0 Å². The zero-order valence-corrected chi connectivity index (χ0v) is 19.0. The third-order valence-electron chi connectivity index (χ3n) is 4.43. The van der Waals surface area contributed by atoms with E-state index < -0.39 is 0 Å². The van der Waals surface area contributed by atoms with Gasteiger partial charge in [-0.1, -0.05) is 38.1 Å². The SMILES string of the molecule is CCCN(CCC)C(=O)c1cccc(NC(=S)NC(=O)/C=C/c2ccccc2OC)c1. The summed E-state index contributed by atoms with van der Waals surface area (Å²) in [6, 6.07) is 14.5. The van der Waals surface area contributed by atoms with Gasteiger partial charge in [0.25, 0.3) is 5.91 Å². The highest BCUT2D eigenvalue weighted by atomic mass is 32.1. The van der Waals surface area contributed by atoms with Crippen LogP contribution in [0.1, 0.15) is 42.6 Å². The molecule has 0 aliphatic heterocycles. The molecule has 164 valence electrons. The quantitative estimate of drug-likeness (QED) is 0.445. The Morgan fingerprint density at radius 1 is 1.06 bits per heavy atom. The molecule has 6 nitrogen and oxygen atoms in total. The van der Waals surface area contributed by atoms with E-state index in [1.165, 1.54) is 6.08 Å². The number of methoxy groups -OCH3 is 1. The molecule has 0 aliphatic rings. The molecule has 31 heavy (non-hydrogen) atoms. The normalized spacial score (nSPS) is 10.5. The first-order chi connectivity index (χ1) is 15.0. The molecule has 7 heteroatoms. The number of amides is 2. The van der Waals surface area contributed by atoms with E-state index in [-0.39, 0.29) is 16.9 Å². The second-order valence-corrected chi connectivity index (χ2v) is 7.30. The lowest BCUT2D eigenvalue weighted by molar-refractivity contribution is -0.115. The van der Waals surface area contributed by atoms with Crippen molar-refractivity contribution >= 4 is 40.9 Å². The number of nitrogens with zero attached hydrogens (tertiary/aromatic N) is 1. The van der Waals surface area contributed by atoms with Crippen molar-refractivity contribution < 1.29 is 14.3 Å². The molecule has 0 saturated heterocycles. The summed E-state index contributed by atoms with van der Waals surface area (Å²) in [5, 5.41) is 5.72. The van der Waals surface area contributed by atoms with Crippen LogP contribution >= 0.6 is 12.2 Å². The first-order valence-electron chi connectivity index (χ1n) is 10.3. The van der Waals surface area contributed by atoms with Crippen LogP contribution in [-0.4, -0.2) is 42.0 Å². The van der Waals surface area contributed by atoms with Crippen molar-refractivity contribution in [2.75, 3.05) is 25.5 Å². The van der Waals surface area contributed by atoms with Crippen LogP contribution < -0.4 is 15.4 Å². The van der Waals surface area contributed by atoms with Crippen LogP contribution in [0.3, 0.4) is 0 Å². The lowest BCUT2D eigenvalue weighted by Gasteiger charge is -2.21. The second-order valence-electron chi connectivity index (χ2n) is 6.89. The molecular formula is C24H29N3O3S. The number of carbonyl (C=O) groups is 2. The number of anilines is 1. The Balaban J connectivity index is 1.99. The van der Waals surface area contributed by atoms with Gasteiger partial charge in [0.05, 0.1) is 7.11 Å². The lowest BCUT2D eigenvalue weighted by Crippen LogP contribution is -2.33. The molecule has 0 bridgehead atoms. The molecule has 0 fully saturated rings. The maximum atomic E-state index is 12.8. The molecule has 0 atom stereocenters. The van der Waals surface area contributed by atoms with Gasteiger partial charge in [0, 0.05) is 36.0 Å². The van der Waals surface area contributed by atoms with Crippen molar-refractivity contribution in [3.8, 4) is 5.75 Å². The van der Waals surface area contributed by atoms with Gasteiger partial charge in [0.15, 0.2) is 5.11 Å². The zero-order valence-electron chi connectivity index (χ0n) is 18.2. The zero-order chi connectivity index (χ0) is 22.6. The monoisotopic (exact) mass is 439 g/mol. The topological polar surface area (TPSA) is 70.7 Å². The standard InChI is InChI=1S/C24H29N3O3S/c1-4-15-27(16-5-2)23(29)19-10-8-11-20(17-19)25-24(31)26-22(28)14-13-18-9-6-7-12-21(18)30-3/h6-14,17H,4-5,15-16H2,1-3H3,(H2,25,26,28,31)/b14-13+. The lowest BCUT2D eigenvalue weighted by atomic mass is 10.1. The van der Waals surface area contributed by atoms with Gasteiger partial charge in [-0.25, -0.2) is 0 Å². The summed E-state index contributed by atoms with van der Waals surface area (Å²) in [5.41, 5.74) is 2.00. The van der Waals surface area contributed by atoms with Crippen LogP contribution in [0.5, 0.6) is 5.75 Å². The molecular weight excluding hydrogens is 410 g/mol. The third-order valence-corrected chi connectivity index (χ3v) is 4.64. The van der Waals surface area contributed by atoms with Gasteiger partial charge in [0.1, 0.15) is 5.75 Å². The maximum absolute atomic E-state index is 12.8. The van der Waals surface area contributed by atoms with Crippen LogP contribution in [-0.2, 0) is 4.79 Å².